The number of ketones is 1. The second-order valence-corrected chi connectivity index (χ2v) is 6.34. The fourth-order valence-corrected chi connectivity index (χ4v) is 2.95. The normalized spacial score (nSPS) is 11.2. The zero-order chi connectivity index (χ0) is 15.8. The Kier molecular flexibility index (Phi) is 15.7. The van der Waals surface area contributed by atoms with E-state index >= 15 is 0 Å². The predicted molar refractivity (Wildman–Crippen MR) is 91.6 cm³/mol. The second-order valence-electron chi connectivity index (χ2n) is 6.34. The van der Waals surface area contributed by atoms with Crippen LogP contribution in [0.2, 0.25) is 0 Å². The highest BCUT2D eigenvalue weighted by molar-refractivity contribution is 5.80. The second kappa shape index (κ2) is 16.0. The molecule has 0 amide bonds. The number of Topliss-reactive ketones (excluding diaryl/α,β-unsaturated/α-hetero) is 1. The Morgan fingerprint density at radius 1 is 0.714 bits per heavy atom. The molecule has 0 spiro atoms. The Hall–Kier alpha value is -0.370. The zero-order valence-corrected chi connectivity index (χ0v) is 14.5. The van der Waals surface area contributed by atoms with E-state index in [0.29, 0.717) is 18.3 Å². The quantitative estimate of drug-likeness (QED) is 0.373. The predicted octanol–water partition coefficient (Wildman–Crippen LogP) is 5.67. The molecule has 0 saturated carbocycles. The van der Waals surface area contributed by atoms with Crippen molar-refractivity contribution in [1.29, 1.82) is 0 Å². The van der Waals surface area contributed by atoms with E-state index < -0.39 is 0 Å². The highest BCUT2D eigenvalue weighted by atomic mass is 16.2. The molecule has 2 nitrogen and oxygen atoms in total. The number of aliphatic hydroxyl groups is 1. The summed E-state index contributed by atoms with van der Waals surface area (Å²) in [6, 6.07) is 0. The minimum Gasteiger partial charge on any atom is -0.396 e. The lowest BCUT2D eigenvalue weighted by atomic mass is 9.94. The molecule has 1 N–H and O–H groups in total. The summed E-state index contributed by atoms with van der Waals surface area (Å²) in [7, 11) is 0. The maximum atomic E-state index is 11.9. The first-order valence-electron chi connectivity index (χ1n) is 9.39. The molecule has 126 valence electrons. The molecule has 0 heterocycles. The molecule has 0 radical (unpaired) electrons. The number of hydrogen-bond donors (Lipinski definition) is 1. The van der Waals surface area contributed by atoms with E-state index in [1.165, 1.54) is 57.8 Å². The standard InChI is InChI=1S/C19H38O2/c1-3-18(4-2)19(21)16-14-12-10-8-6-5-7-9-11-13-15-17-20/h18,20H,3-17H2,1-2H3. The lowest BCUT2D eigenvalue weighted by molar-refractivity contribution is -0.123. The van der Waals surface area contributed by atoms with Crippen LogP contribution >= 0.6 is 0 Å². The van der Waals surface area contributed by atoms with Gasteiger partial charge in [-0.2, -0.15) is 0 Å². The van der Waals surface area contributed by atoms with Crippen LogP contribution in [-0.4, -0.2) is 17.5 Å². The van der Waals surface area contributed by atoms with Crippen LogP contribution in [0.25, 0.3) is 0 Å². The highest BCUT2D eigenvalue weighted by Gasteiger charge is 2.12. The van der Waals surface area contributed by atoms with Crippen molar-refractivity contribution in [3.8, 4) is 0 Å². The van der Waals surface area contributed by atoms with Gasteiger partial charge in [0.15, 0.2) is 0 Å². The molecule has 0 fully saturated rings. The van der Waals surface area contributed by atoms with Gasteiger partial charge < -0.3 is 5.11 Å². The van der Waals surface area contributed by atoms with E-state index in [4.69, 9.17) is 5.11 Å². The summed E-state index contributed by atoms with van der Waals surface area (Å²) in [5, 5.41) is 8.68. The first-order chi connectivity index (χ1) is 10.3. The van der Waals surface area contributed by atoms with Crippen molar-refractivity contribution < 1.29 is 9.90 Å². The molecule has 0 saturated heterocycles. The molecule has 0 aromatic rings. The zero-order valence-electron chi connectivity index (χ0n) is 14.5. The number of aliphatic hydroxyl groups excluding tert-OH is 1. The number of carbonyl (C=O) groups excluding carboxylic acids is 1. The van der Waals surface area contributed by atoms with E-state index in [1.54, 1.807) is 0 Å². The van der Waals surface area contributed by atoms with Crippen molar-refractivity contribution in [3.05, 3.63) is 0 Å². The first kappa shape index (κ1) is 20.6. The molecule has 0 unspecified atom stereocenters. The largest absolute Gasteiger partial charge is 0.396 e. The molecule has 0 rings (SSSR count). The number of rotatable bonds is 16. The van der Waals surface area contributed by atoms with E-state index in [-0.39, 0.29) is 0 Å². The Labute approximate surface area is 132 Å². The maximum Gasteiger partial charge on any atom is 0.135 e. The lowest BCUT2D eigenvalue weighted by Gasteiger charge is -2.10. The van der Waals surface area contributed by atoms with Crippen molar-refractivity contribution in [2.24, 2.45) is 5.92 Å². The highest BCUT2D eigenvalue weighted by Crippen LogP contribution is 2.15. The van der Waals surface area contributed by atoms with Gasteiger partial charge in [0.25, 0.3) is 0 Å². The van der Waals surface area contributed by atoms with E-state index in [9.17, 15) is 4.79 Å². The monoisotopic (exact) mass is 298 g/mol. The van der Waals surface area contributed by atoms with Crippen LogP contribution in [0.5, 0.6) is 0 Å². The fourth-order valence-electron chi connectivity index (χ4n) is 2.95. The van der Waals surface area contributed by atoms with Crippen LogP contribution in [0.3, 0.4) is 0 Å². The van der Waals surface area contributed by atoms with Crippen molar-refractivity contribution in [2.75, 3.05) is 6.61 Å². The summed E-state index contributed by atoms with van der Waals surface area (Å²) < 4.78 is 0. The molecule has 0 aliphatic heterocycles. The third kappa shape index (κ3) is 13.0. The van der Waals surface area contributed by atoms with Crippen LogP contribution < -0.4 is 0 Å². The molecule has 0 aliphatic carbocycles. The average molecular weight is 299 g/mol. The van der Waals surface area contributed by atoms with E-state index in [2.05, 4.69) is 13.8 Å². The average Bonchev–Trinajstić information content (AvgIpc) is 2.49. The molecule has 0 atom stereocenters. The molecular weight excluding hydrogens is 260 g/mol. The van der Waals surface area contributed by atoms with Gasteiger partial charge in [0.2, 0.25) is 0 Å². The van der Waals surface area contributed by atoms with Crippen molar-refractivity contribution in [2.45, 2.75) is 104 Å². The van der Waals surface area contributed by atoms with Crippen molar-refractivity contribution in [1.82, 2.24) is 0 Å². The summed E-state index contributed by atoms with van der Waals surface area (Å²) in [4.78, 5) is 11.9. The van der Waals surface area contributed by atoms with Crippen LogP contribution in [0, 0.1) is 5.92 Å². The van der Waals surface area contributed by atoms with Gasteiger partial charge in [-0.05, 0) is 25.7 Å². The third-order valence-electron chi connectivity index (χ3n) is 4.52. The lowest BCUT2D eigenvalue weighted by Crippen LogP contribution is -2.12. The van der Waals surface area contributed by atoms with Crippen LogP contribution in [-0.2, 0) is 4.79 Å². The Bertz CT molecular complexity index is 222. The third-order valence-corrected chi connectivity index (χ3v) is 4.52. The van der Waals surface area contributed by atoms with Crippen molar-refractivity contribution in [3.63, 3.8) is 0 Å². The van der Waals surface area contributed by atoms with Crippen molar-refractivity contribution >= 4 is 5.78 Å². The van der Waals surface area contributed by atoms with Gasteiger partial charge in [-0.25, -0.2) is 0 Å². The molecule has 0 aromatic carbocycles. The van der Waals surface area contributed by atoms with Gasteiger partial charge in [0.1, 0.15) is 5.78 Å². The van der Waals surface area contributed by atoms with E-state index in [0.717, 1.165) is 32.1 Å². The Morgan fingerprint density at radius 3 is 1.48 bits per heavy atom. The number of hydrogen-bond acceptors (Lipinski definition) is 2. The van der Waals surface area contributed by atoms with Gasteiger partial charge in [-0.15, -0.1) is 0 Å². The number of unbranched alkanes of at least 4 members (excludes halogenated alkanes) is 10. The summed E-state index contributed by atoms with van der Waals surface area (Å²) in [6.07, 6.45) is 16.6. The SMILES string of the molecule is CCC(CC)C(=O)CCCCCCCCCCCCCO. The summed E-state index contributed by atoms with van der Waals surface area (Å²) in [5.41, 5.74) is 0. The summed E-state index contributed by atoms with van der Waals surface area (Å²) in [5.74, 6) is 0.804. The van der Waals surface area contributed by atoms with Crippen LogP contribution in [0.4, 0.5) is 0 Å². The number of carbonyl (C=O) groups is 1. The van der Waals surface area contributed by atoms with Crippen LogP contribution in [0.1, 0.15) is 104 Å². The smallest absolute Gasteiger partial charge is 0.135 e. The summed E-state index contributed by atoms with van der Waals surface area (Å²) in [6.45, 7) is 4.59. The van der Waals surface area contributed by atoms with E-state index in [1.807, 2.05) is 0 Å². The topological polar surface area (TPSA) is 37.3 Å². The molecule has 0 aromatic heterocycles. The van der Waals surface area contributed by atoms with Gasteiger partial charge in [0.05, 0.1) is 0 Å². The summed E-state index contributed by atoms with van der Waals surface area (Å²) >= 11 is 0. The minimum atomic E-state index is 0.316. The Morgan fingerprint density at radius 2 is 1.10 bits per heavy atom. The van der Waals surface area contributed by atoms with Gasteiger partial charge in [-0.1, -0.05) is 71.6 Å². The first-order valence-corrected chi connectivity index (χ1v) is 9.39. The molecular formula is C19H38O2. The molecule has 0 bridgehead atoms. The van der Waals surface area contributed by atoms with Gasteiger partial charge >= 0.3 is 0 Å². The Balaban J connectivity index is 3.20. The molecule has 2 heteroatoms. The molecule has 21 heavy (non-hydrogen) atoms. The van der Waals surface area contributed by atoms with Gasteiger partial charge in [0, 0.05) is 18.9 Å². The van der Waals surface area contributed by atoms with Crippen LogP contribution in [0.15, 0.2) is 0 Å². The maximum absolute atomic E-state index is 11.9. The molecule has 0 aliphatic rings. The minimum absolute atomic E-state index is 0.316. The fraction of sp³-hybridized carbons (Fsp3) is 0.947. The van der Waals surface area contributed by atoms with Gasteiger partial charge in [-0.3, -0.25) is 4.79 Å².